The number of allylic oxidation sites excluding steroid dienone is 1. The van der Waals surface area contributed by atoms with Crippen molar-refractivity contribution in [3.8, 4) is 0 Å². The SMILES string of the molecule is C=CC(C)CC(C)C(C)CC. The Balaban J connectivity index is 3.66. The van der Waals surface area contributed by atoms with Gasteiger partial charge in [-0.1, -0.05) is 40.2 Å². The van der Waals surface area contributed by atoms with E-state index < -0.39 is 0 Å². The fraction of sp³-hybridized carbons (Fsp3) is 0.818. The molecule has 0 aromatic rings. The molecule has 0 radical (unpaired) electrons. The summed E-state index contributed by atoms with van der Waals surface area (Å²) in [4.78, 5) is 0. The van der Waals surface area contributed by atoms with Crippen LogP contribution >= 0.6 is 0 Å². The van der Waals surface area contributed by atoms with Crippen LogP contribution in [0, 0.1) is 17.8 Å². The van der Waals surface area contributed by atoms with Crippen LogP contribution < -0.4 is 0 Å². The molecular formula is C11H22. The van der Waals surface area contributed by atoms with Gasteiger partial charge in [-0.25, -0.2) is 0 Å². The van der Waals surface area contributed by atoms with E-state index in [2.05, 4.69) is 40.3 Å². The Bertz CT molecular complexity index is 105. The summed E-state index contributed by atoms with van der Waals surface area (Å²) in [6.07, 6.45) is 4.64. The monoisotopic (exact) mass is 154 g/mol. The van der Waals surface area contributed by atoms with Crippen LogP contribution in [0.3, 0.4) is 0 Å². The molecule has 0 rings (SSSR count). The Kier molecular flexibility index (Phi) is 5.27. The van der Waals surface area contributed by atoms with Crippen molar-refractivity contribution >= 4 is 0 Å². The van der Waals surface area contributed by atoms with E-state index >= 15 is 0 Å². The molecule has 3 unspecified atom stereocenters. The van der Waals surface area contributed by atoms with E-state index in [1.165, 1.54) is 12.8 Å². The smallest absolute Gasteiger partial charge is 0.0262 e. The first-order valence-corrected chi connectivity index (χ1v) is 4.74. The summed E-state index contributed by atoms with van der Waals surface area (Å²) in [6.45, 7) is 13.0. The lowest BCUT2D eigenvalue weighted by atomic mass is 9.86. The molecule has 0 aliphatic heterocycles. The summed E-state index contributed by atoms with van der Waals surface area (Å²) in [5.74, 6) is 2.38. The first-order valence-electron chi connectivity index (χ1n) is 4.74. The molecule has 0 saturated carbocycles. The zero-order valence-electron chi connectivity index (χ0n) is 8.43. The fourth-order valence-electron chi connectivity index (χ4n) is 1.32. The van der Waals surface area contributed by atoms with Gasteiger partial charge in [0, 0.05) is 0 Å². The summed E-state index contributed by atoms with van der Waals surface area (Å²) in [5.41, 5.74) is 0. The summed E-state index contributed by atoms with van der Waals surface area (Å²) in [5, 5.41) is 0. The van der Waals surface area contributed by atoms with Gasteiger partial charge in [0.05, 0.1) is 0 Å². The predicted octanol–water partition coefficient (Wildman–Crippen LogP) is 3.88. The molecule has 0 aliphatic rings. The molecule has 0 heterocycles. The highest BCUT2D eigenvalue weighted by molar-refractivity contribution is 4.77. The minimum Gasteiger partial charge on any atom is -0.103 e. The highest BCUT2D eigenvalue weighted by Crippen LogP contribution is 2.22. The highest BCUT2D eigenvalue weighted by atomic mass is 14.2. The molecule has 0 N–H and O–H groups in total. The van der Waals surface area contributed by atoms with Gasteiger partial charge < -0.3 is 0 Å². The topological polar surface area (TPSA) is 0 Å². The maximum atomic E-state index is 3.80. The van der Waals surface area contributed by atoms with Gasteiger partial charge in [0.15, 0.2) is 0 Å². The molecule has 0 heteroatoms. The first-order chi connectivity index (χ1) is 5.11. The van der Waals surface area contributed by atoms with Crippen LogP contribution in [0.2, 0.25) is 0 Å². The standard InChI is InChI=1S/C11H22/c1-6-9(3)8-11(5)10(4)7-2/h6,9-11H,1,7-8H2,2-5H3. The van der Waals surface area contributed by atoms with Gasteiger partial charge in [-0.15, -0.1) is 6.58 Å². The maximum Gasteiger partial charge on any atom is -0.0262 e. The largest absolute Gasteiger partial charge is 0.103 e. The minimum atomic E-state index is 0.680. The average Bonchev–Trinajstić information content (AvgIpc) is 2.02. The van der Waals surface area contributed by atoms with Gasteiger partial charge >= 0.3 is 0 Å². The number of rotatable bonds is 5. The van der Waals surface area contributed by atoms with E-state index in [0.717, 1.165) is 11.8 Å². The van der Waals surface area contributed by atoms with Crippen LogP contribution in [0.25, 0.3) is 0 Å². The van der Waals surface area contributed by atoms with Crippen molar-refractivity contribution in [2.24, 2.45) is 17.8 Å². The Hall–Kier alpha value is -0.260. The molecule has 0 fully saturated rings. The van der Waals surface area contributed by atoms with E-state index in [1.807, 2.05) is 0 Å². The molecular weight excluding hydrogens is 132 g/mol. The second-order valence-electron chi connectivity index (χ2n) is 3.81. The van der Waals surface area contributed by atoms with E-state index in [4.69, 9.17) is 0 Å². The van der Waals surface area contributed by atoms with Crippen molar-refractivity contribution < 1.29 is 0 Å². The zero-order chi connectivity index (χ0) is 8.85. The first kappa shape index (κ1) is 10.7. The van der Waals surface area contributed by atoms with Crippen molar-refractivity contribution in [2.45, 2.75) is 40.5 Å². The lowest BCUT2D eigenvalue weighted by molar-refractivity contribution is 0.328. The zero-order valence-corrected chi connectivity index (χ0v) is 8.43. The van der Waals surface area contributed by atoms with E-state index in [9.17, 15) is 0 Å². The molecule has 0 spiro atoms. The van der Waals surface area contributed by atoms with Crippen molar-refractivity contribution in [3.05, 3.63) is 12.7 Å². The number of hydrogen-bond acceptors (Lipinski definition) is 0. The van der Waals surface area contributed by atoms with Gasteiger partial charge in [-0.05, 0) is 24.2 Å². The Morgan fingerprint density at radius 2 is 1.73 bits per heavy atom. The summed E-state index contributed by atoms with van der Waals surface area (Å²) >= 11 is 0. The van der Waals surface area contributed by atoms with Crippen molar-refractivity contribution in [3.63, 3.8) is 0 Å². The molecule has 0 amide bonds. The summed E-state index contributed by atoms with van der Waals surface area (Å²) in [6, 6.07) is 0. The molecule has 0 aromatic carbocycles. The van der Waals surface area contributed by atoms with Crippen molar-refractivity contribution in [2.75, 3.05) is 0 Å². The molecule has 0 nitrogen and oxygen atoms in total. The number of hydrogen-bond donors (Lipinski definition) is 0. The van der Waals surface area contributed by atoms with Gasteiger partial charge in [0.25, 0.3) is 0 Å². The molecule has 0 aliphatic carbocycles. The third-order valence-electron chi connectivity index (χ3n) is 2.76. The molecule has 66 valence electrons. The fourth-order valence-corrected chi connectivity index (χ4v) is 1.32. The van der Waals surface area contributed by atoms with Crippen LogP contribution in [0.4, 0.5) is 0 Å². The van der Waals surface area contributed by atoms with E-state index in [0.29, 0.717) is 5.92 Å². The van der Waals surface area contributed by atoms with E-state index in [1.54, 1.807) is 0 Å². The van der Waals surface area contributed by atoms with Gasteiger partial charge in [-0.2, -0.15) is 0 Å². The third kappa shape index (κ3) is 4.23. The van der Waals surface area contributed by atoms with Crippen molar-refractivity contribution in [1.82, 2.24) is 0 Å². The predicted molar refractivity (Wildman–Crippen MR) is 52.6 cm³/mol. The van der Waals surface area contributed by atoms with Crippen LogP contribution in [-0.4, -0.2) is 0 Å². The van der Waals surface area contributed by atoms with E-state index in [-0.39, 0.29) is 0 Å². The third-order valence-corrected chi connectivity index (χ3v) is 2.76. The second kappa shape index (κ2) is 5.40. The van der Waals surface area contributed by atoms with Crippen LogP contribution in [0.1, 0.15) is 40.5 Å². The normalized spacial score (nSPS) is 18.9. The van der Waals surface area contributed by atoms with Gasteiger partial charge in [0.1, 0.15) is 0 Å². The maximum absolute atomic E-state index is 3.80. The highest BCUT2D eigenvalue weighted by Gasteiger charge is 2.11. The Labute approximate surface area is 71.7 Å². The van der Waals surface area contributed by atoms with Crippen LogP contribution in [-0.2, 0) is 0 Å². The average molecular weight is 154 g/mol. The van der Waals surface area contributed by atoms with Gasteiger partial charge in [0.2, 0.25) is 0 Å². The Morgan fingerprint density at radius 1 is 1.18 bits per heavy atom. The minimum absolute atomic E-state index is 0.680. The van der Waals surface area contributed by atoms with Crippen LogP contribution in [0.15, 0.2) is 12.7 Å². The molecule has 11 heavy (non-hydrogen) atoms. The molecule has 0 bridgehead atoms. The molecule has 0 aromatic heterocycles. The molecule has 0 saturated heterocycles. The van der Waals surface area contributed by atoms with Gasteiger partial charge in [-0.3, -0.25) is 0 Å². The quantitative estimate of drug-likeness (QED) is 0.527. The Morgan fingerprint density at radius 3 is 2.09 bits per heavy atom. The summed E-state index contributed by atoms with van der Waals surface area (Å²) in [7, 11) is 0. The summed E-state index contributed by atoms with van der Waals surface area (Å²) < 4.78 is 0. The molecule has 3 atom stereocenters. The van der Waals surface area contributed by atoms with Crippen LogP contribution in [0.5, 0.6) is 0 Å². The lowest BCUT2D eigenvalue weighted by Gasteiger charge is -2.20. The van der Waals surface area contributed by atoms with Crippen molar-refractivity contribution in [1.29, 1.82) is 0 Å². The second-order valence-corrected chi connectivity index (χ2v) is 3.81. The lowest BCUT2D eigenvalue weighted by Crippen LogP contribution is -2.09.